The molecule has 2 fully saturated rings. The molecule has 6 nitrogen and oxygen atoms in total. The summed E-state index contributed by atoms with van der Waals surface area (Å²) in [6.45, 7) is 2.15. The van der Waals surface area contributed by atoms with Crippen LogP contribution in [0, 0.1) is 5.82 Å². The maximum atomic E-state index is 13.9. The number of carboxylic acid groups (broad SMARTS) is 1. The minimum absolute atomic E-state index is 0.0560. The van der Waals surface area contributed by atoms with Gasteiger partial charge in [-0.3, -0.25) is 14.4 Å². The Morgan fingerprint density at radius 3 is 2.71 bits per heavy atom. The molecule has 2 aliphatic rings. The molecule has 0 aliphatic carbocycles. The van der Waals surface area contributed by atoms with Gasteiger partial charge in [0.2, 0.25) is 11.8 Å². The molecule has 0 radical (unpaired) electrons. The van der Waals surface area contributed by atoms with Crippen molar-refractivity contribution in [2.75, 3.05) is 6.54 Å². The van der Waals surface area contributed by atoms with Crippen LogP contribution in [0.2, 0.25) is 5.02 Å². The molecule has 2 amide bonds. The summed E-state index contributed by atoms with van der Waals surface area (Å²) in [5, 5.41) is 7.30. The Bertz CT molecular complexity index is 655. The van der Waals surface area contributed by atoms with Gasteiger partial charge in [0.15, 0.2) is 0 Å². The van der Waals surface area contributed by atoms with Crippen LogP contribution < -0.4 is 0 Å². The molecule has 1 aromatic carbocycles. The van der Waals surface area contributed by atoms with Crippen molar-refractivity contribution in [1.29, 1.82) is 0 Å². The van der Waals surface area contributed by atoms with E-state index in [0.29, 0.717) is 23.6 Å². The second kappa shape index (κ2) is 7.61. The van der Waals surface area contributed by atoms with Gasteiger partial charge in [-0.1, -0.05) is 11.6 Å². The topological polar surface area (TPSA) is 77.9 Å². The highest BCUT2D eigenvalue weighted by molar-refractivity contribution is 6.30. The van der Waals surface area contributed by atoms with E-state index in [9.17, 15) is 14.0 Å². The third kappa shape index (κ3) is 3.51. The number of fused-ring (bicyclic) bond motifs is 1. The van der Waals surface area contributed by atoms with Crippen LogP contribution in [0.3, 0.4) is 0 Å². The largest absolute Gasteiger partial charge is 0.483 e. The van der Waals surface area contributed by atoms with E-state index >= 15 is 0 Å². The number of halogens is 2. The smallest absolute Gasteiger partial charge is 0.290 e. The lowest BCUT2D eigenvalue weighted by molar-refractivity contribution is -0.159. The van der Waals surface area contributed by atoms with Crippen molar-refractivity contribution in [3.63, 3.8) is 0 Å². The normalized spacial score (nSPS) is 22.8. The molecule has 0 bridgehead atoms. The molecule has 8 heteroatoms. The van der Waals surface area contributed by atoms with Crippen molar-refractivity contribution in [3.8, 4) is 0 Å². The fourth-order valence-corrected chi connectivity index (χ4v) is 3.30. The standard InChI is InChI=1S/C15H16ClFN2O2.CH2O2/c1-9-14(20)18-6-2-3-13(18)15(21)19(9)8-10-7-11(16)4-5-12(10)17;2-1-3/h4-5,7,9,13H,2-3,6,8H2,1H3;1H,(H,2,3)/t9-,13-;/m0./s1. The zero-order valence-electron chi connectivity index (χ0n) is 13.1. The van der Waals surface area contributed by atoms with Crippen LogP contribution in [0.25, 0.3) is 0 Å². The number of rotatable bonds is 2. The van der Waals surface area contributed by atoms with Gasteiger partial charge in [0.05, 0.1) is 0 Å². The van der Waals surface area contributed by atoms with Gasteiger partial charge >= 0.3 is 0 Å². The first kappa shape index (κ1) is 18.2. The number of hydrogen-bond acceptors (Lipinski definition) is 3. The Kier molecular flexibility index (Phi) is 5.77. The predicted octanol–water partition coefficient (Wildman–Crippen LogP) is 1.90. The lowest BCUT2D eigenvalue weighted by Gasteiger charge is -2.41. The van der Waals surface area contributed by atoms with Crippen molar-refractivity contribution in [1.82, 2.24) is 9.80 Å². The molecule has 2 aliphatic heterocycles. The third-order valence-electron chi connectivity index (χ3n) is 4.28. The highest BCUT2D eigenvalue weighted by Gasteiger charge is 2.45. The lowest BCUT2D eigenvalue weighted by Crippen LogP contribution is -2.61. The molecule has 0 spiro atoms. The zero-order valence-corrected chi connectivity index (χ0v) is 13.9. The highest BCUT2D eigenvalue weighted by atomic mass is 35.5. The molecular weight excluding hydrogens is 339 g/mol. The molecule has 0 aromatic heterocycles. The highest BCUT2D eigenvalue weighted by Crippen LogP contribution is 2.28. The first-order valence-electron chi connectivity index (χ1n) is 7.53. The Morgan fingerprint density at radius 1 is 1.38 bits per heavy atom. The minimum atomic E-state index is -0.565. The number of carbonyl (C=O) groups excluding carboxylic acids is 2. The molecule has 0 unspecified atom stereocenters. The molecule has 1 N–H and O–H groups in total. The predicted molar refractivity (Wildman–Crippen MR) is 84.8 cm³/mol. The van der Waals surface area contributed by atoms with Crippen molar-refractivity contribution >= 4 is 29.9 Å². The van der Waals surface area contributed by atoms with Crippen LogP contribution in [0.15, 0.2) is 18.2 Å². The average molecular weight is 357 g/mol. The summed E-state index contributed by atoms with van der Waals surface area (Å²) >= 11 is 5.88. The second-order valence-corrected chi connectivity index (χ2v) is 6.11. The van der Waals surface area contributed by atoms with Crippen LogP contribution in [0.4, 0.5) is 4.39 Å². The SMILES string of the molecule is C[C@H]1C(=O)N2CCC[C@H]2C(=O)N1Cc1cc(Cl)ccc1F.O=CO. The Labute approximate surface area is 143 Å². The second-order valence-electron chi connectivity index (χ2n) is 5.67. The summed E-state index contributed by atoms with van der Waals surface area (Å²) in [5.41, 5.74) is 0.335. The van der Waals surface area contributed by atoms with Crippen molar-refractivity contribution in [2.45, 2.75) is 38.4 Å². The van der Waals surface area contributed by atoms with Gasteiger partial charge in [-0.25, -0.2) is 4.39 Å². The molecule has 130 valence electrons. The van der Waals surface area contributed by atoms with E-state index in [-0.39, 0.29) is 30.9 Å². The van der Waals surface area contributed by atoms with Gasteiger partial charge in [0.1, 0.15) is 17.9 Å². The van der Waals surface area contributed by atoms with Crippen LogP contribution in [-0.4, -0.2) is 51.8 Å². The number of carbonyl (C=O) groups is 3. The molecular formula is C16H18ClFN2O4. The van der Waals surface area contributed by atoms with Gasteiger partial charge in [-0.05, 0) is 38.0 Å². The summed E-state index contributed by atoms with van der Waals surface area (Å²) in [5.74, 6) is -0.570. The summed E-state index contributed by atoms with van der Waals surface area (Å²) in [7, 11) is 0. The first-order chi connectivity index (χ1) is 11.4. The van der Waals surface area contributed by atoms with Crippen molar-refractivity contribution in [3.05, 3.63) is 34.6 Å². The van der Waals surface area contributed by atoms with Gasteiger partial charge < -0.3 is 14.9 Å². The summed E-state index contributed by atoms with van der Waals surface area (Å²) in [6, 6.07) is 3.30. The number of benzene rings is 1. The Morgan fingerprint density at radius 2 is 2.04 bits per heavy atom. The maximum absolute atomic E-state index is 13.9. The Hall–Kier alpha value is -2.15. The zero-order chi connectivity index (χ0) is 17.9. The van der Waals surface area contributed by atoms with E-state index in [1.54, 1.807) is 11.8 Å². The number of hydrogen-bond donors (Lipinski definition) is 1. The fourth-order valence-electron chi connectivity index (χ4n) is 3.11. The van der Waals surface area contributed by atoms with Gasteiger partial charge in [0.25, 0.3) is 6.47 Å². The van der Waals surface area contributed by atoms with Crippen LogP contribution in [-0.2, 0) is 20.9 Å². The van der Waals surface area contributed by atoms with E-state index in [1.165, 1.54) is 23.1 Å². The fraction of sp³-hybridized carbons (Fsp3) is 0.438. The monoisotopic (exact) mass is 356 g/mol. The summed E-state index contributed by atoms with van der Waals surface area (Å²) < 4.78 is 13.9. The van der Waals surface area contributed by atoms with Crippen molar-refractivity contribution < 1.29 is 23.9 Å². The van der Waals surface area contributed by atoms with Crippen molar-refractivity contribution in [2.24, 2.45) is 0 Å². The minimum Gasteiger partial charge on any atom is -0.483 e. The average Bonchev–Trinajstić information content (AvgIpc) is 3.03. The molecule has 1 aromatic rings. The van der Waals surface area contributed by atoms with Crippen LogP contribution >= 0.6 is 11.6 Å². The molecule has 24 heavy (non-hydrogen) atoms. The third-order valence-corrected chi connectivity index (χ3v) is 4.51. The van der Waals surface area contributed by atoms with E-state index in [4.69, 9.17) is 21.5 Å². The molecule has 2 heterocycles. The molecule has 2 atom stereocenters. The van der Waals surface area contributed by atoms with E-state index in [1.807, 2.05) is 0 Å². The Balaban J connectivity index is 0.000000647. The summed E-state index contributed by atoms with van der Waals surface area (Å²) in [4.78, 5) is 36.3. The molecule has 0 saturated carbocycles. The molecule has 3 rings (SSSR count). The molecule has 2 saturated heterocycles. The van der Waals surface area contributed by atoms with Gasteiger partial charge in [-0.15, -0.1) is 0 Å². The quantitative estimate of drug-likeness (QED) is 0.821. The van der Waals surface area contributed by atoms with E-state index in [2.05, 4.69) is 0 Å². The number of nitrogens with zero attached hydrogens (tertiary/aromatic N) is 2. The van der Waals surface area contributed by atoms with Gasteiger partial charge in [0, 0.05) is 23.7 Å². The van der Waals surface area contributed by atoms with Crippen LogP contribution in [0.5, 0.6) is 0 Å². The number of amides is 2. The van der Waals surface area contributed by atoms with Crippen LogP contribution in [0.1, 0.15) is 25.3 Å². The van der Waals surface area contributed by atoms with Gasteiger partial charge in [-0.2, -0.15) is 0 Å². The summed E-state index contributed by atoms with van der Waals surface area (Å²) in [6.07, 6.45) is 1.53. The number of piperazine rings is 1. The lowest BCUT2D eigenvalue weighted by atomic mass is 10.0. The van der Waals surface area contributed by atoms with E-state index < -0.39 is 11.9 Å². The maximum Gasteiger partial charge on any atom is 0.290 e. The first-order valence-corrected chi connectivity index (χ1v) is 7.91. The van der Waals surface area contributed by atoms with E-state index in [0.717, 1.165) is 6.42 Å².